The van der Waals surface area contributed by atoms with Gasteiger partial charge in [0.25, 0.3) is 5.91 Å². The van der Waals surface area contributed by atoms with Gasteiger partial charge in [-0.2, -0.15) is 0 Å². The molecule has 1 amide bonds. The maximum Gasteiger partial charge on any atom is 0.254 e. The molecule has 1 aromatic rings. The molecule has 0 fully saturated rings. The molecule has 1 aromatic carbocycles. The molecule has 0 bridgehead atoms. The van der Waals surface area contributed by atoms with Gasteiger partial charge in [-0.05, 0) is 38.0 Å². The fourth-order valence-electron chi connectivity index (χ4n) is 2.01. The minimum absolute atomic E-state index is 0.0925. The molecular formula is C17H24N2O. The Bertz CT molecular complexity index is 511. The second-order valence-electron chi connectivity index (χ2n) is 4.77. The fourth-order valence-corrected chi connectivity index (χ4v) is 2.01. The maximum absolute atomic E-state index is 12.6. The number of hydrogen-bond donors (Lipinski definition) is 1. The summed E-state index contributed by atoms with van der Waals surface area (Å²) in [4.78, 5) is 14.5. The van der Waals surface area contributed by atoms with Crippen LogP contribution in [0.1, 0.15) is 48.2 Å². The third-order valence-electron chi connectivity index (χ3n) is 3.25. The third kappa shape index (κ3) is 4.40. The average molecular weight is 272 g/mol. The smallest absolute Gasteiger partial charge is 0.254 e. The maximum atomic E-state index is 12.6. The Labute approximate surface area is 122 Å². The summed E-state index contributed by atoms with van der Waals surface area (Å²) in [5, 5.41) is 0. The predicted molar refractivity (Wildman–Crippen MR) is 83.6 cm³/mol. The number of carbonyl (C=O) groups is 1. The van der Waals surface area contributed by atoms with Crippen LogP contribution in [0.2, 0.25) is 0 Å². The normalized spacial score (nSPS) is 9.80. The van der Waals surface area contributed by atoms with Gasteiger partial charge in [0.15, 0.2) is 0 Å². The summed E-state index contributed by atoms with van der Waals surface area (Å²) in [6.45, 7) is 7.98. The molecule has 0 aliphatic carbocycles. The van der Waals surface area contributed by atoms with Crippen LogP contribution in [0.15, 0.2) is 18.2 Å². The van der Waals surface area contributed by atoms with E-state index in [9.17, 15) is 4.79 Å². The molecule has 3 nitrogen and oxygen atoms in total. The number of rotatable bonds is 5. The number of amides is 1. The van der Waals surface area contributed by atoms with E-state index in [0.29, 0.717) is 6.54 Å². The van der Waals surface area contributed by atoms with E-state index in [1.165, 1.54) is 0 Å². The summed E-state index contributed by atoms with van der Waals surface area (Å²) in [6, 6.07) is 5.74. The molecule has 1 rings (SSSR count). The van der Waals surface area contributed by atoms with Crippen molar-refractivity contribution in [1.82, 2.24) is 4.90 Å². The lowest BCUT2D eigenvalue weighted by molar-refractivity contribution is 0.0761. The minimum Gasteiger partial charge on any atom is -0.339 e. The van der Waals surface area contributed by atoms with Crippen molar-refractivity contribution < 1.29 is 4.79 Å². The predicted octanol–water partition coefficient (Wildman–Crippen LogP) is 2.57. The molecule has 20 heavy (non-hydrogen) atoms. The van der Waals surface area contributed by atoms with Gasteiger partial charge in [0.1, 0.15) is 0 Å². The Kier molecular flexibility index (Phi) is 6.83. The highest BCUT2D eigenvalue weighted by Gasteiger charge is 2.15. The Hall–Kier alpha value is -1.79. The van der Waals surface area contributed by atoms with Gasteiger partial charge in [0.05, 0.1) is 6.54 Å². The number of hydrogen-bond acceptors (Lipinski definition) is 2. The monoisotopic (exact) mass is 272 g/mol. The molecule has 0 aliphatic heterocycles. The first-order chi connectivity index (χ1) is 9.63. The standard InChI is InChI=1S/C17H24N2O/c1-4-6-12-19(5-2)17(20)16-13-15(8-7-11-18)10-9-14(16)3/h9-10,13H,4-6,11-12,18H2,1-3H3. The van der Waals surface area contributed by atoms with E-state index in [1.807, 2.05) is 36.9 Å². The second kappa shape index (κ2) is 8.39. The molecule has 108 valence electrons. The first kappa shape index (κ1) is 16.3. The van der Waals surface area contributed by atoms with Crippen molar-refractivity contribution in [2.75, 3.05) is 19.6 Å². The van der Waals surface area contributed by atoms with Crippen LogP contribution in [0.5, 0.6) is 0 Å². The summed E-state index contributed by atoms with van der Waals surface area (Å²) in [5.74, 6) is 5.89. The minimum atomic E-state index is 0.0925. The zero-order valence-electron chi connectivity index (χ0n) is 12.7. The summed E-state index contributed by atoms with van der Waals surface area (Å²) in [6.07, 6.45) is 2.12. The highest BCUT2D eigenvalue weighted by Crippen LogP contribution is 2.14. The third-order valence-corrected chi connectivity index (χ3v) is 3.25. The van der Waals surface area contributed by atoms with Crippen LogP contribution in [0.4, 0.5) is 0 Å². The van der Waals surface area contributed by atoms with E-state index in [2.05, 4.69) is 18.8 Å². The number of nitrogens with two attached hydrogens (primary N) is 1. The van der Waals surface area contributed by atoms with Gasteiger partial charge in [-0.25, -0.2) is 0 Å². The van der Waals surface area contributed by atoms with E-state index in [1.54, 1.807) is 0 Å². The largest absolute Gasteiger partial charge is 0.339 e. The first-order valence-electron chi connectivity index (χ1n) is 7.22. The first-order valence-corrected chi connectivity index (χ1v) is 7.22. The van der Waals surface area contributed by atoms with Crippen LogP contribution in [0.25, 0.3) is 0 Å². The molecular weight excluding hydrogens is 248 g/mol. The van der Waals surface area contributed by atoms with Crippen molar-refractivity contribution in [3.8, 4) is 11.8 Å². The lowest BCUT2D eigenvalue weighted by Gasteiger charge is -2.21. The van der Waals surface area contributed by atoms with E-state index < -0.39 is 0 Å². The summed E-state index contributed by atoms with van der Waals surface area (Å²) in [7, 11) is 0. The molecule has 3 heteroatoms. The van der Waals surface area contributed by atoms with Gasteiger partial charge in [-0.3, -0.25) is 4.79 Å². The second-order valence-corrected chi connectivity index (χ2v) is 4.77. The SMILES string of the molecule is CCCCN(CC)C(=O)c1cc(C#CCN)ccc1C. The Morgan fingerprint density at radius 2 is 2.10 bits per heavy atom. The molecule has 0 atom stereocenters. The van der Waals surface area contributed by atoms with E-state index in [4.69, 9.17) is 5.73 Å². The Balaban J connectivity index is 3.00. The zero-order chi connectivity index (χ0) is 15.0. The van der Waals surface area contributed by atoms with E-state index >= 15 is 0 Å². The number of nitrogens with zero attached hydrogens (tertiary/aromatic N) is 1. The summed E-state index contributed by atoms with van der Waals surface area (Å²) in [5.41, 5.74) is 7.95. The van der Waals surface area contributed by atoms with Crippen molar-refractivity contribution in [2.45, 2.75) is 33.6 Å². The lowest BCUT2D eigenvalue weighted by Crippen LogP contribution is -2.32. The van der Waals surface area contributed by atoms with Crippen LogP contribution in [0, 0.1) is 18.8 Å². The van der Waals surface area contributed by atoms with Crippen LogP contribution < -0.4 is 5.73 Å². The van der Waals surface area contributed by atoms with Crippen LogP contribution in [-0.4, -0.2) is 30.4 Å². The average Bonchev–Trinajstić information content (AvgIpc) is 2.47. The van der Waals surface area contributed by atoms with E-state index in [0.717, 1.165) is 42.6 Å². The summed E-state index contributed by atoms with van der Waals surface area (Å²) >= 11 is 0. The van der Waals surface area contributed by atoms with Gasteiger partial charge in [-0.15, -0.1) is 0 Å². The molecule has 0 spiro atoms. The van der Waals surface area contributed by atoms with Crippen LogP contribution >= 0.6 is 0 Å². The molecule has 0 radical (unpaired) electrons. The molecule has 0 aliphatic rings. The molecule has 0 saturated heterocycles. The number of unbranched alkanes of at least 4 members (excludes halogenated alkanes) is 1. The number of carbonyl (C=O) groups excluding carboxylic acids is 1. The highest BCUT2D eigenvalue weighted by molar-refractivity contribution is 5.96. The Morgan fingerprint density at radius 1 is 1.35 bits per heavy atom. The van der Waals surface area contributed by atoms with E-state index in [-0.39, 0.29) is 5.91 Å². The molecule has 2 N–H and O–H groups in total. The molecule has 0 aromatic heterocycles. The summed E-state index contributed by atoms with van der Waals surface area (Å²) < 4.78 is 0. The molecule has 0 saturated carbocycles. The zero-order valence-corrected chi connectivity index (χ0v) is 12.7. The van der Waals surface area contributed by atoms with Crippen LogP contribution in [-0.2, 0) is 0 Å². The number of aryl methyl sites for hydroxylation is 1. The molecule has 0 heterocycles. The quantitative estimate of drug-likeness (QED) is 0.837. The van der Waals surface area contributed by atoms with Crippen molar-refractivity contribution >= 4 is 5.91 Å². The van der Waals surface area contributed by atoms with Gasteiger partial charge in [0.2, 0.25) is 0 Å². The van der Waals surface area contributed by atoms with Gasteiger partial charge in [0, 0.05) is 24.2 Å². The van der Waals surface area contributed by atoms with Gasteiger partial charge >= 0.3 is 0 Å². The highest BCUT2D eigenvalue weighted by atomic mass is 16.2. The van der Waals surface area contributed by atoms with Gasteiger partial charge in [-0.1, -0.05) is 31.3 Å². The topological polar surface area (TPSA) is 46.3 Å². The number of benzene rings is 1. The van der Waals surface area contributed by atoms with Crippen LogP contribution in [0.3, 0.4) is 0 Å². The molecule has 0 unspecified atom stereocenters. The van der Waals surface area contributed by atoms with Crippen molar-refractivity contribution in [2.24, 2.45) is 5.73 Å². The fraction of sp³-hybridized carbons (Fsp3) is 0.471. The van der Waals surface area contributed by atoms with Crippen molar-refractivity contribution in [3.63, 3.8) is 0 Å². The van der Waals surface area contributed by atoms with Crippen molar-refractivity contribution in [3.05, 3.63) is 34.9 Å². The lowest BCUT2D eigenvalue weighted by atomic mass is 10.0. The Morgan fingerprint density at radius 3 is 2.70 bits per heavy atom. The van der Waals surface area contributed by atoms with Crippen molar-refractivity contribution in [1.29, 1.82) is 0 Å². The van der Waals surface area contributed by atoms with Gasteiger partial charge < -0.3 is 10.6 Å².